The van der Waals surface area contributed by atoms with Crippen LogP contribution in [0.15, 0.2) is 24.3 Å². The molecule has 0 saturated carbocycles. The van der Waals surface area contributed by atoms with E-state index in [1.54, 1.807) is 6.07 Å². The van der Waals surface area contributed by atoms with Gasteiger partial charge in [-0.1, -0.05) is 6.07 Å². The van der Waals surface area contributed by atoms with Gasteiger partial charge < -0.3 is 15.1 Å². The Hall–Kier alpha value is -2.88. The van der Waals surface area contributed by atoms with Crippen LogP contribution in [0.1, 0.15) is 18.3 Å². The Kier molecular flexibility index (Phi) is 4.75. The van der Waals surface area contributed by atoms with Gasteiger partial charge in [-0.25, -0.2) is 9.97 Å². The fraction of sp³-hybridized carbons (Fsp3) is 0.412. The molecule has 7 heteroatoms. The third kappa shape index (κ3) is 3.54. The van der Waals surface area contributed by atoms with Crippen LogP contribution < -0.4 is 15.1 Å². The molecule has 1 aliphatic heterocycles. The Balaban J connectivity index is 1.70. The molecule has 1 aliphatic rings. The molecule has 124 valence electrons. The monoisotopic (exact) mass is 323 g/mol. The van der Waals surface area contributed by atoms with Crippen molar-refractivity contribution in [3.8, 4) is 6.07 Å². The number of anilines is 3. The predicted molar refractivity (Wildman–Crippen MR) is 94.3 cm³/mol. The van der Waals surface area contributed by atoms with E-state index in [1.165, 1.54) is 0 Å². The number of aryl methyl sites for hydroxylation is 1. The van der Waals surface area contributed by atoms with Gasteiger partial charge in [-0.2, -0.15) is 10.2 Å². The van der Waals surface area contributed by atoms with Crippen molar-refractivity contribution in [3.63, 3.8) is 0 Å². The summed E-state index contributed by atoms with van der Waals surface area (Å²) < 4.78 is 0. The van der Waals surface area contributed by atoms with Crippen LogP contribution in [0.5, 0.6) is 0 Å². The summed E-state index contributed by atoms with van der Waals surface area (Å²) in [6, 6.07) is 9.67. The Labute approximate surface area is 142 Å². The first kappa shape index (κ1) is 16.0. The first-order valence-electron chi connectivity index (χ1n) is 8.16. The lowest BCUT2D eigenvalue weighted by atomic mass is 10.2. The Morgan fingerprint density at radius 1 is 1.08 bits per heavy atom. The molecule has 0 aromatic carbocycles. The van der Waals surface area contributed by atoms with Gasteiger partial charge in [0, 0.05) is 44.5 Å². The quantitative estimate of drug-likeness (QED) is 0.919. The van der Waals surface area contributed by atoms with Crippen LogP contribution in [-0.4, -0.2) is 47.7 Å². The molecule has 0 unspecified atom stereocenters. The maximum absolute atomic E-state index is 8.99. The van der Waals surface area contributed by atoms with Gasteiger partial charge in [0.05, 0.1) is 0 Å². The van der Waals surface area contributed by atoms with Crippen molar-refractivity contribution in [2.75, 3.05) is 47.8 Å². The number of pyridine rings is 1. The normalized spacial score (nSPS) is 14.4. The van der Waals surface area contributed by atoms with E-state index in [0.29, 0.717) is 11.6 Å². The standard InChI is InChI=1S/C17H21N7/c1-3-19-17-20-13(2)11-16(22-17)24-9-7-23(8-10-24)15-6-4-5-14(12-18)21-15/h4-6,11H,3,7-10H2,1-2H3,(H,19,20,22). The van der Waals surface area contributed by atoms with E-state index < -0.39 is 0 Å². The molecular weight excluding hydrogens is 302 g/mol. The van der Waals surface area contributed by atoms with Crippen molar-refractivity contribution >= 4 is 17.6 Å². The summed E-state index contributed by atoms with van der Waals surface area (Å²) in [4.78, 5) is 17.8. The third-order valence-corrected chi connectivity index (χ3v) is 3.95. The number of hydrogen-bond acceptors (Lipinski definition) is 7. The second-order valence-corrected chi connectivity index (χ2v) is 5.69. The van der Waals surface area contributed by atoms with Crippen molar-refractivity contribution in [2.45, 2.75) is 13.8 Å². The van der Waals surface area contributed by atoms with Crippen molar-refractivity contribution < 1.29 is 0 Å². The molecular formula is C17H21N7. The van der Waals surface area contributed by atoms with Gasteiger partial charge in [0.15, 0.2) is 0 Å². The molecule has 24 heavy (non-hydrogen) atoms. The summed E-state index contributed by atoms with van der Waals surface area (Å²) in [6.07, 6.45) is 0. The number of rotatable bonds is 4. The molecule has 0 atom stereocenters. The summed E-state index contributed by atoms with van der Waals surface area (Å²) in [5, 5.41) is 12.2. The van der Waals surface area contributed by atoms with Gasteiger partial charge in [0.25, 0.3) is 0 Å². The van der Waals surface area contributed by atoms with E-state index >= 15 is 0 Å². The zero-order valence-electron chi connectivity index (χ0n) is 14.0. The van der Waals surface area contributed by atoms with Crippen molar-refractivity contribution in [3.05, 3.63) is 35.7 Å². The SMILES string of the molecule is CCNc1nc(C)cc(N2CCN(c3cccc(C#N)n3)CC2)n1. The number of hydrogen-bond donors (Lipinski definition) is 1. The van der Waals surface area contributed by atoms with Crippen molar-refractivity contribution in [1.82, 2.24) is 15.0 Å². The van der Waals surface area contributed by atoms with E-state index in [1.807, 2.05) is 32.0 Å². The highest BCUT2D eigenvalue weighted by Gasteiger charge is 2.20. The molecule has 0 radical (unpaired) electrons. The minimum absolute atomic E-state index is 0.455. The minimum atomic E-state index is 0.455. The van der Waals surface area contributed by atoms with E-state index in [2.05, 4.69) is 36.1 Å². The van der Waals surface area contributed by atoms with E-state index in [4.69, 9.17) is 5.26 Å². The maximum Gasteiger partial charge on any atom is 0.224 e. The topological polar surface area (TPSA) is 81.0 Å². The van der Waals surface area contributed by atoms with E-state index in [9.17, 15) is 0 Å². The maximum atomic E-state index is 8.99. The second kappa shape index (κ2) is 7.13. The summed E-state index contributed by atoms with van der Waals surface area (Å²) in [5.74, 6) is 2.50. The minimum Gasteiger partial charge on any atom is -0.354 e. The molecule has 7 nitrogen and oxygen atoms in total. The highest BCUT2D eigenvalue weighted by molar-refractivity contribution is 5.48. The van der Waals surface area contributed by atoms with Gasteiger partial charge in [0.1, 0.15) is 23.4 Å². The van der Waals surface area contributed by atoms with Crippen LogP contribution in [0, 0.1) is 18.3 Å². The lowest BCUT2D eigenvalue weighted by Gasteiger charge is -2.36. The molecule has 0 aliphatic carbocycles. The van der Waals surface area contributed by atoms with Gasteiger partial charge >= 0.3 is 0 Å². The third-order valence-electron chi connectivity index (χ3n) is 3.95. The van der Waals surface area contributed by atoms with Crippen LogP contribution in [0.2, 0.25) is 0 Å². The van der Waals surface area contributed by atoms with Crippen LogP contribution in [0.4, 0.5) is 17.6 Å². The van der Waals surface area contributed by atoms with Crippen LogP contribution in [0.3, 0.4) is 0 Å². The fourth-order valence-corrected chi connectivity index (χ4v) is 2.78. The Morgan fingerprint density at radius 2 is 1.79 bits per heavy atom. The molecule has 2 aromatic heterocycles. The van der Waals surface area contributed by atoms with E-state index in [0.717, 1.165) is 50.1 Å². The Bertz CT molecular complexity index is 745. The van der Waals surface area contributed by atoms with E-state index in [-0.39, 0.29) is 0 Å². The fourth-order valence-electron chi connectivity index (χ4n) is 2.78. The number of nitrogens with one attached hydrogen (secondary N) is 1. The highest BCUT2D eigenvalue weighted by Crippen LogP contribution is 2.19. The van der Waals surface area contributed by atoms with Gasteiger partial charge in [0.2, 0.25) is 5.95 Å². The highest BCUT2D eigenvalue weighted by atomic mass is 15.3. The lowest BCUT2D eigenvalue weighted by molar-refractivity contribution is 0.640. The molecule has 0 spiro atoms. The van der Waals surface area contributed by atoms with Crippen LogP contribution in [-0.2, 0) is 0 Å². The lowest BCUT2D eigenvalue weighted by Crippen LogP contribution is -2.47. The van der Waals surface area contributed by atoms with Crippen LogP contribution >= 0.6 is 0 Å². The molecule has 1 fully saturated rings. The first-order valence-corrected chi connectivity index (χ1v) is 8.16. The molecule has 2 aromatic rings. The predicted octanol–water partition coefficient (Wildman–Crippen LogP) is 1.81. The number of aromatic nitrogens is 3. The number of nitrogens with zero attached hydrogens (tertiary/aromatic N) is 6. The molecule has 0 bridgehead atoms. The Morgan fingerprint density at radius 3 is 2.46 bits per heavy atom. The average Bonchev–Trinajstić information content (AvgIpc) is 2.62. The summed E-state index contributed by atoms with van der Waals surface area (Å²) in [6.45, 7) is 8.24. The summed E-state index contributed by atoms with van der Waals surface area (Å²) >= 11 is 0. The van der Waals surface area contributed by atoms with Crippen molar-refractivity contribution in [2.24, 2.45) is 0 Å². The first-order chi connectivity index (χ1) is 11.7. The number of piperazine rings is 1. The smallest absolute Gasteiger partial charge is 0.224 e. The van der Waals surface area contributed by atoms with Gasteiger partial charge in [-0.05, 0) is 26.0 Å². The van der Waals surface area contributed by atoms with Crippen LogP contribution in [0.25, 0.3) is 0 Å². The summed E-state index contributed by atoms with van der Waals surface area (Å²) in [5.41, 5.74) is 1.42. The molecule has 0 amide bonds. The van der Waals surface area contributed by atoms with Gasteiger partial charge in [-0.15, -0.1) is 0 Å². The van der Waals surface area contributed by atoms with Gasteiger partial charge in [-0.3, -0.25) is 0 Å². The zero-order chi connectivity index (χ0) is 16.9. The van der Waals surface area contributed by atoms with Crippen molar-refractivity contribution in [1.29, 1.82) is 5.26 Å². The average molecular weight is 323 g/mol. The zero-order valence-corrected chi connectivity index (χ0v) is 14.0. The molecule has 1 N–H and O–H groups in total. The molecule has 1 saturated heterocycles. The number of nitriles is 1. The largest absolute Gasteiger partial charge is 0.354 e. The summed E-state index contributed by atoms with van der Waals surface area (Å²) in [7, 11) is 0. The molecule has 3 rings (SSSR count). The molecule has 3 heterocycles. The second-order valence-electron chi connectivity index (χ2n) is 5.69.